The highest BCUT2D eigenvalue weighted by atomic mass is 16.3. The number of nitrogens with one attached hydrogen (secondary N) is 1. The van der Waals surface area contributed by atoms with Crippen molar-refractivity contribution < 1.29 is 9.90 Å². The van der Waals surface area contributed by atoms with Crippen molar-refractivity contribution in [2.24, 2.45) is 0 Å². The largest absolute Gasteiger partial charge is 0.392 e. The van der Waals surface area contributed by atoms with E-state index in [1.54, 1.807) is 0 Å². The summed E-state index contributed by atoms with van der Waals surface area (Å²) in [5.41, 5.74) is 0. The van der Waals surface area contributed by atoms with E-state index in [9.17, 15) is 9.90 Å². The van der Waals surface area contributed by atoms with Crippen LogP contribution in [0.15, 0.2) is 0 Å². The molecule has 94 valence electrons. The van der Waals surface area contributed by atoms with Gasteiger partial charge in [-0.1, -0.05) is 13.8 Å². The Morgan fingerprint density at radius 3 is 2.75 bits per heavy atom. The molecule has 0 aromatic rings. The van der Waals surface area contributed by atoms with Gasteiger partial charge in [-0.25, -0.2) is 0 Å². The number of amides is 1. The maximum atomic E-state index is 11.7. The Morgan fingerprint density at radius 1 is 1.50 bits per heavy atom. The van der Waals surface area contributed by atoms with Gasteiger partial charge >= 0.3 is 0 Å². The summed E-state index contributed by atoms with van der Waals surface area (Å²) < 4.78 is 0. The maximum absolute atomic E-state index is 11.7. The average molecular weight is 228 g/mol. The van der Waals surface area contributed by atoms with Crippen molar-refractivity contribution in [1.29, 1.82) is 0 Å². The minimum Gasteiger partial charge on any atom is -0.392 e. The predicted molar refractivity (Wildman–Crippen MR) is 64.2 cm³/mol. The van der Waals surface area contributed by atoms with Crippen LogP contribution in [-0.4, -0.2) is 47.7 Å². The summed E-state index contributed by atoms with van der Waals surface area (Å²) in [5, 5.41) is 12.5. The summed E-state index contributed by atoms with van der Waals surface area (Å²) in [5.74, 6) is 0.0859. The number of hydrogen-bond donors (Lipinski definition) is 2. The number of aliphatic hydroxyl groups excluding tert-OH is 1. The highest BCUT2D eigenvalue weighted by molar-refractivity contribution is 5.78. The van der Waals surface area contributed by atoms with Crippen LogP contribution in [0.1, 0.15) is 39.5 Å². The van der Waals surface area contributed by atoms with Gasteiger partial charge in [0.2, 0.25) is 5.91 Å². The Hall–Kier alpha value is -0.610. The first-order valence-electron chi connectivity index (χ1n) is 6.35. The quantitative estimate of drug-likeness (QED) is 0.730. The first-order chi connectivity index (χ1) is 7.65. The molecular formula is C12H24N2O2. The van der Waals surface area contributed by atoms with E-state index in [2.05, 4.69) is 19.2 Å². The molecule has 0 radical (unpaired) electrons. The van der Waals surface area contributed by atoms with E-state index >= 15 is 0 Å². The second-order valence-corrected chi connectivity index (χ2v) is 4.61. The van der Waals surface area contributed by atoms with Crippen LogP contribution in [0.25, 0.3) is 0 Å². The van der Waals surface area contributed by atoms with Crippen molar-refractivity contribution in [2.75, 3.05) is 19.6 Å². The minimum atomic E-state index is -0.255. The van der Waals surface area contributed by atoms with Crippen molar-refractivity contribution in [3.63, 3.8) is 0 Å². The van der Waals surface area contributed by atoms with Gasteiger partial charge in [-0.3, -0.25) is 9.69 Å². The van der Waals surface area contributed by atoms with Crippen molar-refractivity contribution in [1.82, 2.24) is 10.2 Å². The highest BCUT2D eigenvalue weighted by Crippen LogP contribution is 2.09. The molecule has 0 aliphatic carbocycles. The van der Waals surface area contributed by atoms with E-state index < -0.39 is 0 Å². The summed E-state index contributed by atoms with van der Waals surface area (Å²) in [7, 11) is 0. The number of carbonyl (C=O) groups excluding carboxylic acids is 1. The fraction of sp³-hybridized carbons (Fsp3) is 0.917. The summed E-state index contributed by atoms with van der Waals surface area (Å²) in [4.78, 5) is 13.7. The van der Waals surface area contributed by atoms with Crippen molar-refractivity contribution in [3.8, 4) is 0 Å². The molecule has 0 aromatic heterocycles. The standard InChI is InChI=1S/C12H24N2O2/c1-3-10(4-2)13-12(16)9-14-7-5-6-11(15)8-14/h10-11,15H,3-9H2,1-2H3,(H,13,16). The van der Waals surface area contributed by atoms with Gasteiger partial charge in [0, 0.05) is 12.6 Å². The molecule has 1 rings (SSSR count). The molecule has 2 N–H and O–H groups in total. The number of carbonyl (C=O) groups is 1. The van der Waals surface area contributed by atoms with Gasteiger partial charge in [0.1, 0.15) is 0 Å². The molecule has 4 nitrogen and oxygen atoms in total. The summed E-state index contributed by atoms with van der Waals surface area (Å²) in [6, 6.07) is 0.294. The smallest absolute Gasteiger partial charge is 0.234 e. The first kappa shape index (κ1) is 13.5. The van der Waals surface area contributed by atoms with Gasteiger partial charge in [-0.05, 0) is 32.2 Å². The number of rotatable bonds is 5. The molecule has 1 heterocycles. The van der Waals surface area contributed by atoms with Gasteiger partial charge < -0.3 is 10.4 Å². The molecule has 0 spiro atoms. The molecule has 0 saturated carbocycles. The molecule has 1 saturated heterocycles. The third-order valence-electron chi connectivity index (χ3n) is 3.20. The summed E-state index contributed by atoms with van der Waals surface area (Å²) in [6.45, 7) is 6.15. The van der Waals surface area contributed by atoms with Crippen LogP contribution in [0.5, 0.6) is 0 Å². The molecule has 0 aromatic carbocycles. The Kier molecular flexibility index (Phi) is 5.77. The lowest BCUT2D eigenvalue weighted by atomic mass is 10.1. The molecule has 1 aliphatic heterocycles. The van der Waals surface area contributed by atoms with Crippen LogP contribution >= 0.6 is 0 Å². The zero-order valence-corrected chi connectivity index (χ0v) is 10.4. The van der Waals surface area contributed by atoms with E-state index in [0.29, 0.717) is 19.1 Å². The topological polar surface area (TPSA) is 52.6 Å². The molecule has 1 amide bonds. The summed E-state index contributed by atoms with van der Waals surface area (Å²) >= 11 is 0. The number of likely N-dealkylation sites (tertiary alicyclic amines) is 1. The van der Waals surface area contributed by atoms with E-state index in [1.807, 2.05) is 4.90 Å². The normalized spacial score (nSPS) is 22.4. The molecule has 1 unspecified atom stereocenters. The Balaban J connectivity index is 2.27. The Labute approximate surface area is 98.0 Å². The van der Waals surface area contributed by atoms with Crippen LogP contribution < -0.4 is 5.32 Å². The van der Waals surface area contributed by atoms with E-state index in [4.69, 9.17) is 0 Å². The molecule has 1 atom stereocenters. The van der Waals surface area contributed by atoms with Gasteiger partial charge in [-0.15, -0.1) is 0 Å². The van der Waals surface area contributed by atoms with Crippen LogP contribution in [0.3, 0.4) is 0 Å². The van der Waals surface area contributed by atoms with E-state index in [-0.39, 0.29) is 12.0 Å². The molecule has 1 fully saturated rings. The van der Waals surface area contributed by atoms with Gasteiger partial charge in [0.15, 0.2) is 0 Å². The predicted octanol–water partition coefficient (Wildman–Crippen LogP) is 0.748. The average Bonchev–Trinajstić information content (AvgIpc) is 2.26. The van der Waals surface area contributed by atoms with Gasteiger partial charge in [-0.2, -0.15) is 0 Å². The number of nitrogens with zero attached hydrogens (tertiary/aromatic N) is 1. The Morgan fingerprint density at radius 2 is 2.19 bits per heavy atom. The molecular weight excluding hydrogens is 204 g/mol. The third kappa shape index (κ3) is 4.49. The number of piperidine rings is 1. The van der Waals surface area contributed by atoms with Gasteiger partial charge in [0.05, 0.1) is 12.6 Å². The van der Waals surface area contributed by atoms with E-state index in [1.165, 1.54) is 0 Å². The molecule has 4 heteroatoms. The van der Waals surface area contributed by atoms with Crippen LogP contribution in [0.2, 0.25) is 0 Å². The highest BCUT2D eigenvalue weighted by Gasteiger charge is 2.20. The lowest BCUT2D eigenvalue weighted by Gasteiger charge is -2.29. The monoisotopic (exact) mass is 228 g/mol. The number of hydrogen-bond acceptors (Lipinski definition) is 3. The van der Waals surface area contributed by atoms with Crippen LogP contribution in [0.4, 0.5) is 0 Å². The number of aliphatic hydroxyl groups is 1. The SMILES string of the molecule is CCC(CC)NC(=O)CN1CCCC(O)C1. The second-order valence-electron chi connectivity index (χ2n) is 4.61. The molecule has 16 heavy (non-hydrogen) atoms. The lowest BCUT2D eigenvalue weighted by molar-refractivity contribution is -0.123. The first-order valence-corrected chi connectivity index (χ1v) is 6.35. The van der Waals surface area contributed by atoms with E-state index in [0.717, 1.165) is 32.2 Å². The zero-order valence-electron chi connectivity index (χ0n) is 10.4. The second kappa shape index (κ2) is 6.86. The fourth-order valence-electron chi connectivity index (χ4n) is 2.14. The summed E-state index contributed by atoms with van der Waals surface area (Å²) in [6.07, 6.45) is 3.55. The minimum absolute atomic E-state index is 0.0859. The maximum Gasteiger partial charge on any atom is 0.234 e. The van der Waals surface area contributed by atoms with Crippen LogP contribution in [-0.2, 0) is 4.79 Å². The third-order valence-corrected chi connectivity index (χ3v) is 3.20. The van der Waals surface area contributed by atoms with Gasteiger partial charge in [0.25, 0.3) is 0 Å². The molecule has 0 bridgehead atoms. The van der Waals surface area contributed by atoms with Crippen LogP contribution in [0, 0.1) is 0 Å². The Bertz CT molecular complexity index is 217. The van der Waals surface area contributed by atoms with Crippen molar-refractivity contribution in [3.05, 3.63) is 0 Å². The fourth-order valence-corrected chi connectivity index (χ4v) is 2.14. The number of β-amino-alcohol motifs (C(OH)–C–C–N with tert-alkyl or cyclic N) is 1. The van der Waals surface area contributed by atoms with Crippen molar-refractivity contribution in [2.45, 2.75) is 51.7 Å². The van der Waals surface area contributed by atoms with Crippen molar-refractivity contribution >= 4 is 5.91 Å². The molecule has 1 aliphatic rings. The lowest BCUT2D eigenvalue weighted by Crippen LogP contribution is -2.46. The zero-order chi connectivity index (χ0) is 12.0.